The molecule has 0 amide bonds. The molecule has 0 radical (unpaired) electrons. The quantitative estimate of drug-likeness (QED) is 0.673. The van der Waals surface area contributed by atoms with Gasteiger partial charge < -0.3 is 4.90 Å². The van der Waals surface area contributed by atoms with Gasteiger partial charge in [0.1, 0.15) is 0 Å². The molecule has 0 spiro atoms. The molecular formula is C20H24N6S. The van der Waals surface area contributed by atoms with Crippen molar-refractivity contribution in [3.05, 3.63) is 29.8 Å². The third kappa shape index (κ3) is 4.81. The SMILES string of the molecule is Cc1ccc(-n2c(SCC(C#N)CCC#N)nnc2N2CCCCC2)cc1. The highest BCUT2D eigenvalue weighted by Gasteiger charge is 2.22. The predicted molar refractivity (Wildman–Crippen MR) is 107 cm³/mol. The molecule has 0 bridgehead atoms. The Kier molecular flexibility index (Phi) is 6.73. The summed E-state index contributed by atoms with van der Waals surface area (Å²) in [5.74, 6) is 1.34. The van der Waals surface area contributed by atoms with Crippen LogP contribution < -0.4 is 4.90 Å². The normalized spacial score (nSPS) is 15.1. The number of thioether (sulfide) groups is 1. The van der Waals surface area contributed by atoms with Crippen LogP contribution in [-0.2, 0) is 0 Å². The van der Waals surface area contributed by atoms with Gasteiger partial charge in [-0.15, -0.1) is 10.2 Å². The second-order valence-electron chi connectivity index (χ2n) is 6.84. The van der Waals surface area contributed by atoms with Crippen LogP contribution in [0.4, 0.5) is 5.95 Å². The zero-order valence-electron chi connectivity index (χ0n) is 15.6. The summed E-state index contributed by atoms with van der Waals surface area (Å²) in [7, 11) is 0. The van der Waals surface area contributed by atoms with Crippen LogP contribution in [0.25, 0.3) is 5.69 Å². The van der Waals surface area contributed by atoms with Crippen LogP contribution in [0, 0.1) is 35.5 Å². The number of aryl methyl sites for hydroxylation is 1. The molecule has 1 atom stereocenters. The first-order chi connectivity index (χ1) is 13.2. The second-order valence-corrected chi connectivity index (χ2v) is 7.82. The summed E-state index contributed by atoms with van der Waals surface area (Å²) < 4.78 is 2.11. The van der Waals surface area contributed by atoms with Crippen LogP contribution in [0.2, 0.25) is 0 Å². The first-order valence-corrected chi connectivity index (χ1v) is 10.4. The Balaban J connectivity index is 1.87. The largest absolute Gasteiger partial charge is 0.341 e. The lowest BCUT2D eigenvalue weighted by Crippen LogP contribution is -2.31. The molecule has 1 aromatic carbocycles. The predicted octanol–water partition coefficient (Wildman–Crippen LogP) is 4.10. The van der Waals surface area contributed by atoms with Crippen molar-refractivity contribution in [1.82, 2.24) is 14.8 Å². The third-order valence-electron chi connectivity index (χ3n) is 4.75. The lowest BCUT2D eigenvalue weighted by Gasteiger charge is -2.27. The van der Waals surface area contributed by atoms with Crippen molar-refractivity contribution >= 4 is 17.7 Å². The summed E-state index contributed by atoms with van der Waals surface area (Å²) in [5, 5.41) is 27.8. The molecule has 2 aromatic rings. The minimum atomic E-state index is -0.156. The van der Waals surface area contributed by atoms with Crippen LogP contribution in [-0.4, -0.2) is 33.6 Å². The first-order valence-electron chi connectivity index (χ1n) is 9.39. The zero-order chi connectivity index (χ0) is 19.1. The fourth-order valence-corrected chi connectivity index (χ4v) is 4.18. The maximum Gasteiger partial charge on any atom is 0.232 e. The highest BCUT2D eigenvalue weighted by atomic mass is 32.2. The zero-order valence-corrected chi connectivity index (χ0v) is 16.5. The van der Waals surface area contributed by atoms with E-state index in [1.807, 2.05) is 0 Å². The molecule has 2 heterocycles. The third-order valence-corrected chi connectivity index (χ3v) is 5.84. The Morgan fingerprint density at radius 1 is 1.11 bits per heavy atom. The van der Waals surface area contributed by atoms with Gasteiger partial charge in [-0.05, 0) is 44.7 Å². The number of rotatable bonds is 7. The Morgan fingerprint density at radius 3 is 2.52 bits per heavy atom. The van der Waals surface area contributed by atoms with Crippen molar-refractivity contribution in [1.29, 1.82) is 10.5 Å². The highest BCUT2D eigenvalue weighted by molar-refractivity contribution is 7.99. The van der Waals surface area contributed by atoms with E-state index in [9.17, 15) is 5.26 Å². The average molecular weight is 381 g/mol. The molecular weight excluding hydrogens is 356 g/mol. The van der Waals surface area contributed by atoms with Gasteiger partial charge in [-0.3, -0.25) is 4.57 Å². The van der Waals surface area contributed by atoms with Gasteiger partial charge >= 0.3 is 0 Å². The fraction of sp³-hybridized carbons (Fsp3) is 0.500. The molecule has 140 valence electrons. The summed E-state index contributed by atoms with van der Waals surface area (Å²) >= 11 is 1.54. The number of anilines is 1. The first kappa shape index (κ1) is 19.3. The lowest BCUT2D eigenvalue weighted by molar-refractivity contribution is 0.564. The van der Waals surface area contributed by atoms with Gasteiger partial charge in [-0.1, -0.05) is 29.5 Å². The summed E-state index contributed by atoms with van der Waals surface area (Å²) in [5.41, 5.74) is 2.25. The van der Waals surface area contributed by atoms with Gasteiger partial charge in [-0.2, -0.15) is 10.5 Å². The van der Waals surface area contributed by atoms with Gasteiger partial charge in [0.05, 0.1) is 23.7 Å². The molecule has 3 rings (SSSR count). The van der Waals surface area contributed by atoms with Gasteiger partial charge in [0, 0.05) is 25.3 Å². The molecule has 1 aromatic heterocycles. The van der Waals surface area contributed by atoms with Crippen molar-refractivity contribution in [2.24, 2.45) is 5.92 Å². The van der Waals surface area contributed by atoms with Crippen molar-refractivity contribution < 1.29 is 0 Å². The van der Waals surface area contributed by atoms with Crippen molar-refractivity contribution in [2.75, 3.05) is 23.7 Å². The fourth-order valence-electron chi connectivity index (χ4n) is 3.17. The summed E-state index contributed by atoms with van der Waals surface area (Å²) in [4.78, 5) is 2.30. The monoisotopic (exact) mass is 380 g/mol. The smallest absolute Gasteiger partial charge is 0.232 e. The Labute approximate surface area is 164 Å². The van der Waals surface area contributed by atoms with Gasteiger partial charge in [0.2, 0.25) is 5.95 Å². The van der Waals surface area contributed by atoms with Crippen LogP contribution in [0.1, 0.15) is 37.7 Å². The van der Waals surface area contributed by atoms with Crippen molar-refractivity contribution in [3.63, 3.8) is 0 Å². The summed E-state index contributed by atoms with van der Waals surface area (Å²) in [6.07, 6.45) is 4.61. The topological polar surface area (TPSA) is 81.5 Å². The van der Waals surface area contributed by atoms with Crippen LogP contribution in [0.3, 0.4) is 0 Å². The van der Waals surface area contributed by atoms with Gasteiger partial charge in [-0.25, -0.2) is 0 Å². The van der Waals surface area contributed by atoms with E-state index in [0.29, 0.717) is 18.6 Å². The molecule has 0 saturated carbocycles. The Hall–Kier alpha value is -2.51. The van der Waals surface area contributed by atoms with Gasteiger partial charge in [0.25, 0.3) is 0 Å². The second kappa shape index (κ2) is 9.43. The molecule has 1 aliphatic rings. The minimum absolute atomic E-state index is 0.156. The van der Waals surface area contributed by atoms with E-state index in [1.54, 1.807) is 11.8 Å². The van der Waals surface area contributed by atoms with E-state index in [1.165, 1.54) is 24.8 Å². The number of nitriles is 2. The number of benzene rings is 1. The highest BCUT2D eigenvalue weighted by Crippen LogP contribution is 2.30. The maximum absolute atomic E-state index is 9.33. The van der Waals surface area contributed by atoms with Crippen molar-refractivity contribution in [3.8, 4) is 17.8 Å². The number of aromatic nitrogens is 3. The molecule has 1 saturated heterocycles. The molecule has 27 heavy (non-hydrogen) atoms. The molecule has 1 aliphatic heterocycles. The number of hydrogen-bond acceptors (Lipinski definition) is 6. The average Bonchev–Trinajstić information content (AvgIpc) is 3.13. The molecule has 0 aliphatic carbocycles. The molecule has 0 N–H and O–H groups in total. The standard InChI is InChI=1S/C20H24N6S/c1-16-7-9-18(10-8-16)26-19(25-12-3-2-4-13-25)23-24-20(26)27-15-17(14-22)6-5-11-21/h7-10,17H,2-6,12-13,15H2,1H3. The molecule has 1 fully saturated rings. The number of nitrogens with zero attached hydrogens (tertiary/aromatic N) is 6. The van der Waals surface area contributed by atoms with E-state index in [2.05, 4.69) is 63.0 Å². The Morgan fingerprint density at radius 2 is 1.85 bits per heavy atom. The van der Waals surface area contributed by atoms with Crippen LogP contribution in [0.15, 0.2) is 29.4 Å². The van der Waals surface area contributed by atoms with E-state index < -0.39 is 0 Å². The molecule has 7 heteroatoms. The van der Waals surface area contributed by atoms with E-state index in [-0.39, 0.29) is 5.92 Å². The molecule has 1 unspecified atom stereocenters. The Bertz CT molecular complexity index is 824. The summed E-state index contributed by atoms with van der Waals surface area (Å²) in [6, 6.07) is 12.8. The van der Waals surface area contributed by atoms with E-state index in [0.717, 1.165) is 29.9 Å². The number of piperidine rings is 1. The van der Waals surface area contributed by atoms with Gasteiger partial charge in [0.15, 0.2) is 5.16 Å². The minimum Gasteiger partial charge on any atom is -0.341 e. The van der Waals surface area contributed by atoms with E-state index >= 15 is 0 Å². The van der Waals surface area contributed by atoms with Crippen LogP contribution >= 0.6 is 11.8 Å². The summed E-state index contributed by atoms with van der Waals surface area (Å²) in [6.45, 7) is 4.07. The molecule has 6 nitrogen and oxygen atoms in total. The maximum atomic E-state index is 9.33. The van der Waals surface area contributed by atoms with Crippen LogP contribution in [0.5, 0.6) is 0 Å². The van der Waals surface area contributed by atoms with E-state index in [4.69, 9.17) is 5.26 Å². The lowest BCUT2D eigenvalue weighted by atomic mass is 10.1. The van der Waals surface area contributed by atoms with Crippen molar-refractivity contribution in [2.45, 2.75) is 44.2 Å². The number of hydrogen-bond donors (Lipinski definition) is 0.